The molecule has 2 aromatic carbocycles. The van der Waals surface area contributed by atoms with Crippen LogP contribution in [-0.4, -0.2) is 77.4 Å². The Bertz CT molecular complexity index is 960. The third-order valence-corrected chi connectivity index (χ3v) is 5.43. The van der Waals surface area contributed by atoms with Crippen LogP contribution >= 0.6 is 0 Å². The molecule has 0 radical (unpaired) electrons. The lowest BCUT2D eigenvalue weighted by atomic mass is 10.2. The van der Waals surface area contributed by atoms with Gasteiger partial charge >= 0.3 is 0 Å². The van der Waals surface area contributed by atoms with E-state index in [1.165, 1.54) is 5.56 Å². The van der Waals surface area contributed by atoms with E-state index in [1.807, 2.05) is 42.6 Å². The Morgan fingerprint density at radius 2 is 1.81 bits per heavy atom. The second-order valence-corrected chi connectivity index (χ2v) is 8.18. The van der Waals surface area contributed by atoms with Gasteiger partial charge in [0.15, 0.2) is 0 Å². The number of β-amino-alcohol motifs (C(OH)–C–C–N with tert-alkyl or cyclic N) is 1. The maximum absolute atomic E-state index is 10.2. The Morgan fingerprint density at radius 3 is 2.58 bits per heavy atom. The number of nitrogens with one attached hydrogen (secondary N) is 1. The van der Waals surface area contributed by atoms with Crippen molar-refractivity contribution in [3.63, 3.8) is 0 Å². The van der Waals surface area contributed by atoms with E-state index in [-0.39, 0.29) is 0 Å². The highest BCUT2D eigenvalue weighted by Gasteiger charge is 2.14. The summed E-state index contributed by atoms with van der Waals surface area (Å²) in [6, 6.07) is 16.0. The first-order chi connectivity index (χ1) is 15.2. The van der Waals surface area contributed by atoms with Gasteiger partial charge in [-0.2, -0.15) is 0 Å². The lowest BCUT2D eigenvalue weighted by molar-refractivity contribution is 0.0641. The van der Waals surface area contributed by atoms with Crippen LogP contribution in [0.3, 0.4) is 0 Å². The first kappa shape index (κ1) is 21.6. The number of rotatable bonds is 9. The van der Waals surface area contributed by atoms with Gasteiger partial charge in [0.05, 0.1) is 22.9 Å². The van der Waals surface area contributed by atoms with Crippen LogP contribution in [-0.2, 0) is 13.1 Å². The molecule has 2 N–H and O–H groups in total. The standard InChI is InChI=1S/C24H31N5O2/c1-28(16-20-14-26-23-4-2-3-5-24(23)27-20)15-19-6-8-22(9-7-19)31-18-21(30)17-29-12-10-25-11-13-29/h2-9,14,21,25,30H,10-13,15-18H2,1H3. The molecule has 1 aliphatic heterocycles. The maximum Gasteiger partial charge on any atom is 0.119 e. The van der Waals surface area contributed by atoms with Crippen LogP contribution in [0.25, 0.3) is 11.0 Å². The topological polar surface area (TPSA) is 73.8 Å². The normalized spacial score (nSPS) is 16.0. The van der Waals surface area contributed by atoms with Crippen molar-refractivity contribution in [2.75, 3.05) is 46.4 Å². The van der Waals surface area contributed by atoms with Gasteiger partial charge in [-0.1, -0.05) is 24.3 Å². The Morgan fingerprint density at radius 1 is 1.06 bits per heavy atom. The number of hydrogen-bond acceptors (Lipinski definition) is 7. The molecule has 0 bridgehead atoms. The van der Waals surface area contributed by atoms with Crippen molar-refractivity contribution >= 4 is 11.0 Å². The SMILES string of the molecule is CN(Cc1ccc(OCC(O)CN2CCNCC2)cc1)Cc1cnc2ccccc2n1. The molecule has 1 aliphatic rings. The molecule has 0 aliphatic carbocycles. The number of aliphatic hydroxyl groups is 1. The second kappa shape index (κ2) is 10.6. The van der Waals surface area contributed by atoms with Crippen LogP contribution in [0, 0.1) is 0 Å². The molecule has 31 heavy (non-hydrogen) atoms. The van der Waals surface area contributed by atoms with E-state index >= 15 is 0 Å². The van der Waals surface area contributed by atoms with E-state index in [2.05, 4.69) is 39.3 Å². The Balaban J connectivity index is 1.23. The number of benzene rings is 2. The summed E-state index contributed by atoms with van der Waals surface area (Å²) in [7, 11) is 2.08. The number of nitrogens with zero attached hydrogens (tertiary/aromatic N) is 4. The molecular weight excluding hydrogens is 390 g/mol. The highest BCUT2D eigenvalue weighted by atomic mass is 16.5. The molecule has 0 saturated carbocycles. The number of ether oxygens (including phenoxy) is 1. The molecule has 1 fully saturated rings. The molecule has 1 atom stereocenters. The van der Waals surface area contributed by atoms with E-state index < -0.39 is 6.10 Å². The summed E-state index contributed by atoms with van der Waals surface area (Å²) in [6.45, 7) is 6.42. The minimum absolute atomic E-state index is 0.309. The number of piperazine rings is 1. The van der Waals surface area contributed by atoms with Crippen LogP contribution in [0.4, 0.5) is 0 Å². The highest BCUT2D eigenvalue weighted by molar-refractivity contribution is 5.73. The molecule has 1 unspecified atom stereocenters. The summed E-state index contributed by atoms with van der Waals surface area (Å²) >= 11 is 0. The molecule has 4 rings (SSSR count). The molecule has 1 saturated heterocycles. The van der Waals surface area contributed by atoms with E-state index in [4.69, 9.17) is 9.72 Å². The van der Waals surface area contributed by atoms with Crippen LogP contribution in [0.1, 0.15) is 11.3 Å². The fourth-order valence-electron chi connectivity index (χ4n) is 3.84. The summed E-state index contributed by atoms with van der Waals surface area (Å²) in [5.41, 5.74) is 4.00. The van der Waals surface area contributed by atoms with Gasteiger partial charge in [-0.25, -0.2) is 4.98 Å². The van der Waals surface area contributed by atoms with Gasteiger partial charge in [-0.3, -0.25) is 14.8 Å². The number of aliphatic hydroxyl groups excluding tert-OH is 1. The Hall–Kier alpha value is -2.58. The van der Waals surface area contributed by atoms with Crippen LogP contribution in [0.2, 0.25) is 0 Å². The van der Waals surface area contributed by atoms with Crippen molar-refractivity contribution in [3.8, 4) is 5.75 Å². The molecule has 164 valence electrons. The molecule has 7 heteroatoms. The minimum Gasteiger partial charge on any atom is -0.491 e. The Labute approximate surface area is 183 Å². The van der Waals surface area contributed by atoms with E-state index in [0.717, 1.165) is 61.7 Å². The largest absolute Gasteiger partial charge is 0.491 e. The van der Waals surface area contributed by atoms with Gasteiger partial charge in [0, 0.05) is 45.8 Å². The number of aromatic nitrogens is 2. The third kappa shape index (κ3) is 6.45. The van der Waals surface area contributed by atoms with Gasteiger partial charge in [-0.05, 0) is 36.9 Å². The van der Waals surface area contributed by atoms with Crippen molar-refractivity contribution in [2.45, 2.75) is 19.2 Å². The minimum atomic E-state index is -0.480. The lowest BCUT2D eigenvalue weighted by Crippen LogP contribution is -2.47. The average molecular weight is 422 g/mol. The zero-order chi connectivity index (χ0) is 21.5. The van der Waals surface area contributed by atoms with Crippen molar-refractivity contribution in [2.24, 2.45) is 0 Å². The smallest absolute Gasteiger partial charge is 0.119 e. The fourth-order valence-corrected chi connectivity index (χ4v) is 3.84. The highest BCUT2D eigenvalue weighted by Crippen LogP contribution is 2.15. The number of hydrogen-bond donors (Lipinski definition) is 2. The van der Waals surface area contributed by atoms with E-state index in [0.29, 0.717) is 13.2 Å². The number of fused-ring (bicyclic) bond motifs is 1. The predicted octanol–water partition coefficient (Wildman–Crippen LogP) is 1.91. The van der Waals surface area contributed by atoms with Crippen molar-refractivity contribution in [1.82, 2.24) is 25.1 Å². The predicted molar refractivity (Wildman–Crippen MR) is 122 cm³/mol. The van der Waals surface area contributed by atoms with Crippen LogP contribution in [0.15, 0.2) is 54.7 Å². The van der Waals surface area contributed by atoms with Gasteiger partial charge < -0.3 is 15.2 Å². The van der Waals surface area contributed by atoms with Crippen LogP contribution in [0.5, 0.6) is 5.75 Å². The Kier molecular flexibility index (Phi) is 7.43. The maximum atomic E-state index is 10.2. The monoisotopic (exact) mass is 421 g/mol. The van der Waals surface area contributed by atoms with Gasteiger partial charge in [0.2, 0.25) is 0 Å². The summed E-state index contributed by atoms with van der Waals surface area (Å²) < 4.78 is 5.78. The summed E-state index contributed by atoms with van der Waals surface area (Å²) in [4.78, 5) is 13.7. The lowest BCUT2D eigenvalue weighted by Gasteiger charge is -2.29. The summed E-state index contributed by atoms with van der Waals surface area (Å²) in [5.74, 6) is 0.783. The van der Waals surface area contributed by atoms with E-state index in [9.17, 15) is 5.11 Å². The molecule has 0 spiro atoms. The fraction of sp³-hybridized carbons (Fsp3) is 0.417. The van der Waals surface area contributed by atoms with Crippen molar-refractivity contribution < 1.29 is 9.84 Å². The molecular formula is C24H31N5O2. The van der Waals surface area contributed by atoms with Gasteiger partial charge in [0.1, 0.15) is 18.5 Å². The molecule has 3 aromatic rings. The quantitative estimate of drug-likeness (QED) is 0.547. The van der Waals surface area contributed by atoms with Gasteiger partial charge in [-0.15, -0.1) is 0 Å². The summed E-state index contributed by atoms with van der Waals surface area (Å²) in [6.07, 6.45) is 1.37. The number of para-hydroxylation sites is 2. The van der Waals surface area contributed by atoms with Crippen molar-refractivity contribution in [1.29, 1.82) is 0 Å². The van der Waals surface area contributed by atoms with E-state index in [1.54, 1.807) is 0 Å². The molecule has 0 amide bonds. The zero-order valence-electron chi connectivity index (χ0n) is 18.1. The molecule has 2 heterocycles. The van der Waals surface area contributed by atoms with Crippen molar-refractivity contribution in [3.05, 3.63) is 66.0 Å². The first-order valence-electron chi connectivity index (χ1n) is 10.9. The third-order valence-electron chi connectivity index (χ3n) is 5.43. The van der Waals surface area contributed by atoms with Crippen LogP contribution < -0.4 is 10.1 Å². The molecule has 7 nitrogen and oxygen atoms in total. The average Bonchev–Trinajstić information content (AvgIpc) is 2.79. The molecule has 1 aromatic heterocycles. The second-order valence-electron chi connectivity index (χ2n) is 8.18. The summed E-state index contributed by atoms with van der Waals surface area (Å²) in [5, 5.41) is 13.6. The van der Waals surface area contributed by atoms with Gasteiger partial charge in [0.25, 0.3) is 0 Å². The zero-order valence-corrected chi connectivity index (χ0v) is 18.1. The first-order valence-corrected chi connectivity index (χ1v) is 10.9.